The molecule has 0 radical (unpaired) electrons. The number of ether oxygens (including phenoxy) is 1. The molecule has 19 heavy (non-hydrogen) atoms. The van der Waals surface area contributed by atoms with Gasteiger partial charge in [-0.2, -0.15) is 0 Å². The Morgan fingerprint density at radius 1 is 1.16 bits per heavy atom. The standard InChI is InChI=1S/C15H15BrFNO/c1-10-8-11(6-7-18)2-5-14(10)19-15-9-12(17)3-4-13(15)16/h2-5,8-9H,6-7,18H2,1H3. The second kappa shape index (κ2) is 6.17. The van der Waals surface area contributed by atoms with E-state index in [4.69, 9.17) is 10.5 Å². The largest absolute Gasteiger partial charge is 0.456 e. The van der Waals surface area contributed by atoms with Crippen LogP contribution >= 0.6 is 15.9 Å². The summed E-state index contributed by atoms with van der Waals surface area (Å²) < 4.78 is 19.7. The molecule has 0 unspecified atom stereocenters. The molecule has 0 saturated heterocycles. The van der Waals surface area contributed by atoms with Crippen molar-refractivity contribution in [3.8, 4) is 11.5 Å². The van der Waals surface area contributed by atoms with Crippen LogP contribution in [0.15, 0.2) is 40.9 Å². The highest BCUT2D eigenvalue weighted by Crippen LogP contribution is 2.32. The molecule has 0 aromatic heterocycles. The van der Waals surface area contributed by atoms with Gasteiger partial charge < -0.3 is 10.5 Å². The first-order valence-electron chi connectivity index (χ1n) is 6.02. The Balaban J connectivity index is 2.25. The van der Waals surface area contributed by atoms with E-state index in [1.807, 2.05) is 25.1 Å². The summed E-state index contributed by atoms with van der Waals surface area (Å²) in [4.78, 5) is 0. The van der Waals surface area contributed by atoms with Crippen molar-refractivity contribution in [2.75, 3.05) is 6.54 Å². The highest BCUT2D eigenvalue weighted by Gasteiger charge is 2.07. The third-order valence-corrected chi connectivity index (χ3v) is 3.44. The van der Waals surface area contributed by atoms with Crippen LogP contribution in [0, 0.1) is 12.7 Å². The molecule has 2 aromatic rings. The number of nitrogens with two attached hydrogens (primary N) is 1. The lowest BCUT2D eigenvalue weighted by atomic mass is 10.1. The van der Waals surface area contributed by atoms with Crippen LogP contribution in [-0.2, 0) is 6.42 Å². The first-order chi connectivity index (χ1) is 9.10. The van der Waals surface area contributed by atoms with Gasteiger partial charge in [0.2, 0.25) is 0 Å². The number of hydrogen-bond donors (Lipinski definition) is 1. The van der Waals surface area contributed by atoms with Gasteiger partial charge in [0.1, 0.15) is 17.3 Å². The van der Waals surface area contributed by atoms with Gasteiger partial charge in [-0.25, -0.2) is 4.39 Å². The summed E-state index contributed by atoms with van der Waals surface area (Å²) in [6.07, 6.45) is 0.838. The lowest BCUT2D eigenvalue weighted by Crippen LogP contribution is -2.02. The van der Waals surface area contributed by atoms with Gasteiger partial charge in [-0.05, 0) is 65.1 Å². The van der Waals surface area contributed by atoms with Crippen molar-refractivity contribution in [3.05, 3.63) is 57.8 Å². The second-order valence-corrected chi connectivity index (χ2v) is 5.17. The minimum Gasteiger partial charge on any atom is -0.456 e. The van der Waals surface area contributed by atoms with Gasteiger partial charge in [0, 0.05) is 6.07 Å². The maximum absolute atomic E-state index is 13.2. The monoisotopic (exact) mass is 323 g/mol. The van der Waals surface area contributed by atoms with Crippen LogP contribution in [0.5, 0.6) is 11.5 Å². The summed E-state index contributed by atoms with van der Waals surface area (Å²) in [5.74, 6) is 0.859. The molecule has 0 bridgehead atoms. The molecule has 0 fully saturated rings. The fourth-order valence-corrected chi connectivity index (χ4v) is 2.15. The lowest BCUT2D eigenvalue weighted by molar-refractivity contribution is 0.470. The number of hydrogen-bond acceptors (Lipinski definition) is 2. The Hall–Kier alpha value is -1.39. The van der Waals surface area contributed by atoms with Crippen molar-refractivity contribution >= 4 is 15.9 Å². The van der Waals surface area contributed by atoms with Gasteiger partial charge in [-0.3, -0.25) is 0 Å². The Morgan fingerprint density at radius 3 is 2.63 bits per heavy atom. The van der Waals surface area contributed by atoms with Crippen LogP contribution in [0.4, 0.5) is 4.39 Å². The Labute approximate surface area is 120 Å². The Bertz CT molecular complexity index is 586. The first-order valence-corrected chi connectivity index (χ1v) is 6.82. The maximum atomic E-state index is 13.2. The summed E-state index contributed by atoms with van der Waals surface area (Å²) in [6.45, 7) is 2.58. The van der Waals surface area contributed by atoms with Gasteiger partial charge in [0.25, 0.3) is 0 Å². The van der Waals surface area contributed by atoms with E-state index in [0.717, 1.165) is 16.5 Å². The summed E-state index contributed by atoms with van der Waals surface area (Å²) >= 11 is 3.34. The van der Waals surface area contributed by atoms with Gasteiger partial charge in [-0.15, -0.1) is 0 Å². The molecule has 2 N–H and O–H groups in total. The molecule has 0 aliphatic carbocycles. The van der Waals surface area contributed by atoms with Crippen LogP contribution in [0.1, 0.15) is 11.1 Å². The summed E-state index contributed by atoms with van der Waals surface area (Å²) in [6, 6.07) is 10.3. The maximum Gasteiger partial charge on any atom is 0.144 e. The fourth-order valence-electron chi connectivity index (χ4n) is 1.82. The summed E-state index contributed by atoms with van der Waals surface area (Å²) in [7, 11) is 0. The van der Waals surface area contributed by atoms with Crippen LogP contribution < -0.4 is 10.5 Å². The molecule has 0 spiro atoms. The minimum atomic E-state index is -0.324. The molecule has 2 aromatic carbocycles. The molecule has 0 saturated carbocycles. The van der Waals surface area contributed by atoms with Crippen LogP contribution in [0.25, 0.3) is 0 Å². The van der Waals surface area contributed by atoms with Crippen LogP contribution in [-0.4, -0.2) is 6.54 Å². The molecule has 2 nitrogen and oxygen atoms in total. The minimum absolute atomic E-state index is 0.324. The van der Waals surface area contributed by atoms with E-state index in [1.54, 1.807) is 6.07 Å². The topological polar surface area (TPSA) is 35.2 Å². The Kier molecular flexibility index (Phi) is 4.56. The van der Waals surface area contributed by atoms with Crippen LogP contribution in [0.3, 0.4) is 0 Å². The summed E-state index contributed by atoms with van der Waals surface area (Å²) in [5.41, 5.74) is 7.70. The van der Waals surface area contributed by atoms with E-state index in [2.05, 4.69) is 15.9 Å². The highest BCUT2D eigenvalue weighted by molar-refractivity contribution is 9.10. The van der Waals surface area contributed by atoms with Gasteiger partial charge in [-0.1, -0.05) is 12.1 Å². The van der Waals surface area contributed by atoms with Gasteiger partial charge >= 0.3 is 0 Å². The van der Waals surface area contributed by atoms with Crippen molar-refractivity contribution in [1.29, 1.82) is 0 Å². The van der Waals surface area contributed by atoms with E-state index >= 15 is 0 Å². The molecule has 4 heteroatoms. The number of benzene rings is 2. The average Bonchev–Trinajstić information content (AvgIpc) is 2.37. The second-order valence-electron chi connectivity index (χ2n) is 4.32. The average molecular weight is 324 g/mol. The number of rotatable bonds is 4. The van der Waals surface area contributed by atoms with E-state index < -0.39 is 0 Å². The molecule has 0 atom stereocenters. The third kappa shape index (κ3) is 3.55. The smallest absolute Gasteiger partial charge is 0.144 e. The van der Waals surface area contributed by atoms with Crippen LogP contribution in [0.2, 0.25) is 0 Å². The van der Waals surface area contributed by atoms with Gasteiger partial charge in [0.15, 0.2) is 0 Å². The van der Waals surface area contributed by atoms with E-state index in [0.29, 0.717) is 18.0 Å². The zero-order valence-corrected chi connectivity index (χ0v) is 12.2. The Morgan fingerprint density at radius 2 is 1.95 bits per heavy atom. The van der Waals surface area contributed by atoms with Crippen molar-refractivity contribution in [2.45, 2.75) is 13.3 Å². The molecular weight excluding hydrogens is 309 g/mol. The van der Waals surface area contributed by atoms with Crippen molar-refractivity contribution in [2.24, 2.45) is 5.73 Å². The summed E-state index contributed by atoms with van der Waals surface area (Å²) in [5, 5.41) is 0. The third-order valence-electron chi connectivity index (χ3n) is 2.79. The van der Waals surface area contributed by atoms with Crippen molar-refractivity contribution in [1.82, 2.24) is 0 Å². The zero-order chi connectivity index (χ0) is 13.8. The normalized spacial score (nSPS) is 10.5. The quantitative estimate of drug-likeness (QED) is 0.915. The number of halogens is 2. The SMILES string of the molecule is Cc1cc(CCN)ccc1Oc1cc(F)ccc1Br. The molecule has 0 aliphatic rings. The molecular formula is C15H15BrFNO. The lowest BCUT2D eigenvalue weighted by Gasteiger charge is -2.11. The van der Waals surface area contributed by atoms with E-state index in [9.17, 15) is 4.39 Å². The van der Waals surface area contributed by atoms with E-state index in [-0.39, 0.29) is 5.82 Å². The molecule has 0 amide bonds. The van der Waals surface area contributed by atoms with Crippen molar-refractivity contribution in [3.63, 3.8) is 0 Å². The predicted octanol–water partition coefficient (Wildman–Crippen LogP) is 4.19. The molecule has 0 heterocycles. The zero-order valence-electron chi connectivity index (χ0n) is 10.6. The molecule has 2 rings (SSSR count). The highest BCUT2D eigenvalue weighted by atomic mass is 79.9. The van der Waals surface area contributed by atoms with E-state index in [1.165, 1.54) is 17.7 Å². The molecule has 100 valence electrons. The fraction of sp³-hybridized carbons (Fsp3) is 0.200. The predicted molar refractivity (Wildman–Crippen MR) is 78.1 cm³/mol. The van der Waals surface area contributed by atoms with Gasteiger partial charge in [0.05, 0.1) is 4.47 Å². The molecule has 0 aliphatic heterocycles. The number of aryl methyl sites for hydroxylation is 1. The first kappa shape index (κ1) is 14.0. The van der Waals surface area contributed by atoms with Crippen molar-refractivity contribution < 1.29 is 9.13 Å².